The molecule has 2 saturated heterocycles. The Morgan fingerprint density at radius 2 is 2.06 bits per heavy atom. The summed E-state index contributed by atoms with van der Waals surface area (Å²) in [4.78, 5) is 20.6. The first-order chi connectivity index (χ1) is 17.6. The zero-order valence-corrected chi connectivity index (χ0v) is 21.7. The fourth-order valence-corrected chi connectivity index (χ4v) is 6.82. The summed E-state index contributed by atoms with van der Waals surface area (Å²) in [6, 6.07) is 17.0. The Morgan fingerprint density at radius 1 is 1.22 bits per heavy atom. The molecule has 3 aromatic rings. The van der Waals surface area contributed by atoms with E-state index in [-0.39, 0.29) is 35.9 Å². The summed E-state index contributed by atoms with van der Waals surface area (Å²) in [6.45, 7) is 4.01. The lowest BCUT2D eigenvalue weighted by Crippen LogP contribution is -2.52. The first-order valence-corrected chi connectivity index (χ1v) is 13.6. The third-order valence-electron chi connectivity index (χ3n) is 7.55. The van der Waals surface area contributed by atoms with Gasteiger partial charge in [-0.25, -0.2) is 0 Å². The first-order valence-electron chi connectivity index (χ1n) is 12.7. The molecule has 4 atom stereocenters. The van der Waals surface area contributed by atoms with Crippen molar-refractivity contribution in [3.05, 3.63) is 60.3 Å². The average molecular weight is 507 g/mol. The number of aliphatic hydroxyl groups is 1. The molecule has 5 rings (SSSR count). The van der Waals surface area contributed by atoms with Crippen LogP contribution in [0.1, 0.15) is 24.8 Å². The van der Waals surface area contributed by atoms with Gasteiger partial charge in [-0.05, 0) is 61.1 Å². The maximum atomic E-state index is 13.0. The smallest absolute Gasteiger partial charge is 0.251 e. The number of amides is 1. The Balaban J connectivity index is 1.31. The molecule has 2 aliphatic heterocycles. The average Bonchev–Trinajstić information content (AvgIpc) is 3.46. The molecule has 1 N–H and O–H groups in total. The van der Waals surface area contributed by atoms with E-state index in [4.69, 9.17) is 9.47 Å². The predicted octanol–water partition coefficient (Wildman–Crippen LogP) is 4.71. The van der Waals surface area contributed by atoms with E-state index in [1.54, 1.807) is 7.11 Å². The quantitative estimate of drug-likeness (QED) is 0.501. The number of hydrogen-bond acceptors (Lipinski definition) is 6. The molecular weight excluding hydrogens is 472 g/mol. The van der Waals surface area contributed by atoms with Crippen LogP contribution in [0.3, 0.4) is 0 Å². The number of aryl methyl sites for hydroxylation is 1. The number of aromatic nitrogens is 1. The predicted molar refractivity (Wildman–Crippen MR) is 143 cm³/mol. The molecule has 2 aromatic carbocycles. The number of piperidine rings is 1. The fourth-order valence-electron chi connectivity index (χ4n) is 5.52. The Kier molecular flexibility index (Phi) is 7.91. The summed E-state index contributed by atoms with van der Waals surface area (Å²) in [5.41, 5.74) is 4.58. The number of rotatable bonds is 7. The number of aliphatic hydroxyl groups excluding tert-OH is 1. The molecule has 6 nitrogen and oxygen atoms in total. The summed E-state index contributed by atoms with van der Waals surface area (Å²) in [5.74, 6) is 0.121. The number of benzene rings is 2. The fraction of sp³-hybridized carbons (Fsp3) is 0.448. The van der Waals surface area contributed by atoms with Crippen LogP contribution in [-0.2, 0) is 14.3 Å². The Morgan fingerprint density at radius 3 is 2.78 bits per heavy atom. The van der Waals surface area contributed by atoms with Gasteiger partial charge >= 0.3 is 0 Å². The van der Waals surface area contributed by atoms with Crippen LogP contribution >= 0.6 is 11.8 Å². The van der Waals surface area contributed by atoms with Crippen molar-refractivity contribution in [2.45, 2.75) is 48.5 Å². The van der Waals surface area contributed by atoms with E-state index < -0.39 is 0 Å². The Bertz CT molecular complexity index is 1190. The van der Waals surface area contributed by atoms with Crippen LogP contribution in [-0.4, -0.2) is 71.8 Å². The number of thioether (sulfide) groups is 1. The molecule has 2 fully saturated rings. The van der Waals surface area contributed by atoms with Crippen molar-refractivity contribution in [2.75, 3.05) is 33.4 Å². The molecule has 190 valence electrons. The van der Waals surface area contributed by atoms with Gasteiger partial charge in [0.25, 0.3) is 5.91 Å². The van der Waals surface area contributed by atoms with Crippen molar-refractivity contribution in [1.29, 1.82) is 0 Å². The van der Waals surface area contributed by atoms with Gasteiger partial charge < -0.3 is 19.5 Å². The number of fused-ring (bicyclic) bond motifs is 1. The van der Waals surface area contributed by atoms with Gasteiger partial charge in [0, 0.05) is 54.5 Å². The number of likely N-dealkylation sites (tertiary alicyclic amines) is 1. The van der Waals surface area contributed by atoms with E-state index in [1.807, 2.05) is 28.9 Å². The number of pyridine rings is 1. The van der Waals surface area contributed by atoms with Gasteiger partial charge in [-0.15, -0.1) is 11.8 Å². The summed E-state index contributed by atoms with van der Waals surface area (Å²) < 4.78 is 11.3. The molecule has 7 heteroatoms. The van der Waals surface area contributed by atoms with Gasteiger partial charge in [-0.2, -0.15) is 0 Å². The van der Waals surface area contributed by atoms with Crippen LogP contribution in [0.25, 0.3) is 22.0 Å². The van der Waals surface area contributed by atoms with Crippen molar-refractivity contribution in [2.24, 2.45) is 5.92 Å². The number of hydrogen-bond donors (Lipinski definition) is 1. The van der Waals surface area contributed by atoms with Gasteiger partial charge in [-0.1, -0.05) is 30.3 Å². The maximum Gasteiger partial charge on any atom is 0.251 e. The molecule has 3 heterocycles. The minimum absolute atomic E-state index is 0.0394. The van der Waals surface area contributed by atoms with Crippen molar-refractivity contribution < 1.29 is 19.4 Å². The molecule has 0 aliphatic carbocycles. The zero-order valence-electron chi connectivity index (χ0n) is 20.9. The van der Waals surface area contributed by atoms with E-state index in [1.165, 1.54) is 21.6 Å². The molecule has 0 bridgehead atoms. The number of methoxy groups -OCH3 is 1. The minimum atomic E-state index is -0.314. The molecule has 3 unspecified atom stereocenters. The number of nitrogens with zero attached hydrogens (tertiary/aromatic N) is 2. The monoisotopic (exact) mass is 506 g/mol. The lowest BCUT2D eigenvalue weighted by atomic mass is 9.91. The molecule has 2 aliphatic rings. The van der Waals surface area contributed by atoms with E-state index in [0.717, 1.165) is 30.2 Å². The SMILES string of the molecule is COC(CO)C1CN(C(=O)[C@H]2CCCO2)CCC1Sc1ccc(-c2ccc3cccnc3c2C)cc1. The molecule has 1 amide bonds. The second-order valence-electron chi connectivity index (χ2n) is 9.69. The van der Waals surface area contributed by atoms with Gasteiger partial charge in [0.2, 0.25) is 0 Å². The number of carbonyl (C=O) groups is 1. The lowest BCUT2D eigenvalue weighted by Gasteiger charge is -2.41. The van der Waals surface area contributed by atoms with Crippen molar-refractivity contribution in [1.82, 2.24) is 9.88 Å². The second kappa shape index (κ2) is 11.3. The highest BCUT2D eigenvalue weighted by molar-refractivity contribution is 8.00. The molecule has 0 radical (unpaired) electrons. The van der Waals surface area contributed by atoms with Crippen LogP contribution in [0.15, 0.2) is 59.6 Å². The summed E-state index contributed by atoms with van der Waals surface area (Å²) in [6.07, 6.45) is 3.81. The van der Waals surface area contributed by atoms with Gasteiger partial charge in [0.1, 0.15) is 6.10 Å². The Labute approximate surface area is 217 Å². The summed E-state index contributed by atoms with van der Waals surface area (Å²) in [5, 5.41) is 11.4. The maximum absolute atomic E-state index is 13.0. The zero-order chi connectivity index (χ0) is 25.1. The van der Waals surface area contributed by atoms with E-state index >= 15 is 0 Å². The molecule has 1 aromatic heterocycles. The van der Waals surface area contributed by atoms with E-state index in [9.17, 15) is 9.90 Å². The minimum Gasteiger partial charge on any atom is -0.394 e. The van der Waals surface area contributed by atoms with Gasteiger partial charge in [0.15, 0.2) is 0 Å². The van der Waals surface area contributed by atoms with Crippen LogP contribution < -0.4 is 0 Å². The number of ether oxygens (including phenoxy) is 2. The molecule has 36 heavy (non-hydrogen) atoms. The first kappa shape index (κ1) is 25.2. The molecule has 0 spiro atoms. The van der Waals surface area contributed by atoms with Crippen LogP contribution in [0.4, 0.5) is 0 Å². The summed E-state index contributed by atoms with van der Waals surface area (Å²) >= 11 is 1.82. The third kappa shape index (κ3) is 5.16. The highest BCUT2D eigenvalue weighted by Gasteiger charge is 2.39. The largest absolute Gasteiger partial charge is 0.394 e. The molecule has 0 saturated carbocycles. The third-order valence-corrected chi connectivity index (χ3v) is 8.98. The van der Waals surface area contributed by atoms with E-state index in [0.29, 0.717) is 19.7 Å². The van der Waals surface area contributed by atoms with Crippen molar-refractivity contribution in [3.63, 3.8) is 0 Å². The topological polar surface area (TPSA) is 71.9 Å². The van der Waals surface area contributed by atoms with Gasteiger partial charge in [-0.3, -0.25) is 9.78 Å². The Hall–Kier alpha value is -2.45. The second-order valence-corrected chi connectivity index (χ2v) is 11.0. The normalized spacial score (nSPS) is 23.2. The molecular formula is C29H34N2O4S. The highest BCUT2D eigenvalue weighted by Crippen LogP contribution is 2.38. The number of carbonyl (C=O) groups excluding carboxylic acids is 1. The van der Waals surface area contributed by atoms with E-state index in [2.05, 4.69) is 54.4 Å². The van der Waals surface area contributed by atoms with Crippen LogP contribution in [0, 0.1) is 12.8 Å². The van der Waals surface area contributed by atoms with Gasteiger partial charge in [0.05, 0.1) is 18.2 Å². The highest BCUT2D eigenvalue weighted by atomic mass is 32.2. The summed E-state index contributed by atoms with van der Waals surface area (Å²) in [7, 11) is 1.64. The van der Waals surface area contributed by atoms with Crippen LogP contribution in [0.5, 0.6) is 0 Å². The van der Waals surface area contributed by atoms with Crippen molar-refractivity contribution >= 4 is 28.6 Å². The standard InChI is InChI=1S/C29H34N2O4S/c1-19-23(12-9-21-5-3-14-30-28(19)21)20-7-10-22(11-8-20)36-27-13-15-31(17-24(27)26(18-32)34-2)29(33)25-6-4-16-35-25/h3,5,7-12,14,24-27,32H,4,6,13,15-18H2,1-2H3/t24?,25-,26?,27?/m1/s1. The van der Waals surface area contributed by atoms with Crippen LogP contribution in [0.2, 0.25) is 0 Å². The van der Waals surface area contributed by atoms with Crippen molar-refractivity contribution in [3.8, 4) is 11.1 Å². The lowest BCUT2D eigenvalue weighted by molar-refractivity contribution is -0.144.